The van der Waals surface area contributed by atoms with Gasteiger partial charge < -0.3 is 10.2 Å². The van der Waals surface area contributed by atoms with E-state index >= 15 is 0 Å². The van der Waals surface area contributed by atoms with E-state index in [1.54, 1.807) is 4.68 Å². The summed E-state index contributed by atoms with van der Waals surface area (Å²) in [5.41, 5.74) is 2.23. The van der Waals surface area contributed by atoms with E-state index in [1.165, 1.54) is 0 Å². The second-order valence-electron chi connectivity index (χ2n) is 6.25. The lowest BCUT2D eigenvalue weighted by Gasteiger charge is -2.33. The van der Waals surface area contributed by atoms with Crippen molar-refractivity contribution < 1.29 is 4.79 Å². The summed E-state index contributed by atoms with van der Waals surface area (Å²) in [7, 11) is 3.81. The number of aryl methyl sites for hydroxylation is 3. The monoisotopic (exact) mass is 316 g/mol. The number of nitrogens with zero attached hydrogens (tertiary/aromatic N) is 5. The molecule has 1 amide bonds. The van der Waals surface area contributed by atoms with Crippen LogP contribution in [-0.4, -0.2) is 44.6 Å². The summed E-state index contributed by atoms with van der Waals surface area (Å²) in [5, 5.41) is 11.5. The molecule has 0 aliphatic carbocycles. The molecule has 0 aromatic carbocycles. The minimum Gasteiger partial charge on any atom is -0.367 e. The Balaban J connectivity index is 1.48. The molecule has 23 heavy (non-hydrogen) atoms. The van der Waals surface area contributed by atoms with Crippen molar-refractivity contribution in [1.29, 1.82) is 0 Å². The molecular formula is C16H24N6O. The summed E-state index contributed by atoms with van der Waals surface area (Å²) in [4.78, 5) is 14.5. The van der Waals surface area contributed by atoms with Crippen LogP contribution in [0.25, 0.3) is 0 Å². The maximum atomic E-state index is 12.2. The molecule has 1 aliphatic heterocycles. The van der Waals surface area contributed by atoms with Crippen molar-refractivity contribution in [3.63, 3.8) is 0 Å². The predicted octanol–water partition coefficient (Wildman–Crippen LogP) is 0.871. The summed E-state index contributed by atoms with van der Waals surface area (Å²) in [6.07, 6.45) is 11.0. The lowest BCUT2D eigenvalue weighted by Crippen LogP contribution is -2.47. The van der Waals surface area contributed by atoms with Gasteiger partial charge in [0.25, 0.3) is 0 Å². The summed E-state index contributed by atoms with van der Waals surface area (Å²) < 4.78 is 3.57. The molecular weight excluding hydrogens is 292 g/mol. The van der Waals surface area contributed by atoms with Gasteiger partial charge in [0, 0.05) is 52.0 Å². The summed E-state index contributed by atoms with van der Waals surface area (Å²) >= 11 is 0. The first-order valence-electron chi connectivity index (χ1n) is 8.10. The third-order valence-corrected chi connectivity index (χ3v) is 4.24. The van der Waals surface area contributed by atoms with Gasteiger partial charge in [0.1, 0.15) is 0 Å². The van der Waals surface area contributed by atoms with Crippen molar-refractivity contribution in [2.24, 2.45) is 14.1 Å². The van der Waals surface area contributed by atoms with Crippen LogP contribution in [-0.2, 0) is 25.3 Å². The quantitative estimate of drug-likeness (QED) is 0.889. The fourth-order valence-corrected chi connectivity index (χ4v) is 3.06. The van der Waals surface area contributed by atoms with Crippen LogP contribution >= 0.6 is 0 Å². The summed E-state index contributed by atoms with van der Waals surface area (Å²) in [5.74, 6) is 0.117. The van der Waals surface area contributed by atoms with Gasteiger partial charge in [0.2, 0.25) is 5.91 Å². The fraction of sp³-hybridized carbons (Fsp3) is 0.562. The Labute approximate surface area is 136 Å². The molecule has 2 aromatic rings. The average molecular weight is 316 g/mol. The van der Waals surface area contributed by atoms with Gasteiger partial charge >= 0.3 is 0 Å². The highest BCUT2D eigenvalue weighted by Crippen LogP contribution is 2.19. The second-order valence-corrected chi connectivity index (χ2v) is 6.25. The van der Waals surface area contributed by atoms with Gasteiger partial charge in [0.15, 0.2) is 0 Å². The van der Waals surface area contributed by atoms with Gasteiger partial charge in [-0.3, -0.25) is 14.2 Å². The summed E-state index contributed by atoms with van der Waals surface area (Å²) in [6.45, 7) is 1.87. The van der Waals surface area contributed by atoms with Crippen LogP contribution in [0.4, 0.5) is 5.69 Å². The molecule has 124 valence electrons. The van der Waals surface area contributed by atoms with Crippen LogP contribution in [0.3, 0.4) is 0 Å². The molecule has 1 aliphatic rings. The number of amides is 1. The molecule has 0 radical (unpaired) electrons. The van der Waals surface area contributed by atoms with E-state index in [1.807, 2.05) is 43.6 Å². The van der Waals surface area contributed by atoms with Gasteiger partial charge in [-0.1, -0.05) is 0 Å². The lowest BCUT2D eigenvalue weighted by atomic mass is 10.0. The Morgan fingerprint density at radius 1 is 1.26 bits per heavy atom. The van der Waals surface area contributed by atoms with E-state index < -0.39 is 0 Å². The summed E-state index contributed by atoms with van der Waals surface area (Å²) in [6, 6.07) is 0.213. The van der Waals surface area contributed by atoms with E-state index in [2.05, 4.69) is 20.4 Å². The third-order valence-electron chi connectivity index (χ3n) is 4.24. The number of piperidine rings is 1. The highest BCUT2D eigenvalue weighted by Gasteiger charge is 2.22. The highest BCUT2D eigenvalue weighted by molar-refractivity contribution is 5.76. The van der Waals surface area contributed by atoms with Crippen molar-refractivity contribution in [1.82, 2.24) is 24.9 Å². The molecule has 7 heteroatoms. The topological polar surface area (TPSA) is 68.0 Å². The van der Waals surface area contributed by atoms with Crippen LogP contribution in [0.15, 0.2) is 24.8 Å². The minimum atomic E-state index is 0.117. The molecule has 3 heterocycles. The van der Waals surface area contributed by atoms with Gasteiger partial charge in [-0.05, 0) is 24.8 Å². The lowest BCUT2D eigenvalue weighted by molar-refractivity contribution is -0.121. The fourth-order valence-electron chi connectivity index (χ4n) is 3.06. The standard InChI is InChI=1S/C16H24N6O/c1-20-10-13(8-17-20)5-6-16(23)19-14-4-3-7-22(11-14)15-9-18-21(2)12-15/h8-10,12,14H,3-7,11H2,1-2H3,(H,19,23)/t14-/m1/s1. The van der Waals surface area contributed by atoms with Crippen LogP contribution in [0.1, 0.15) is 24.8 Å². The maximum absolute atomic E-state index is 12.2. The number of hydrogen-bond acceptors (Lipinski definition) is 4. The molecule has 7 nitrogen and oxygen atoms in total. The molecule has 0 bridgehead atoms. The zero-order valence-electron chi connectivity index (χ0n) is 13.8. The first kappa shape index (κ1) is 15.6. The predicted molar refractivity (Wildman–Crippen MR) is 88.1 cm³/mol. The van der Waals surface area contributed by atoms with Crippen LogP contribution in [0.5, 0.6) is 0 Å². The molecule has 2 aromatic heterocycles. The Morgan fingerprint density at radius 3 is 2.74 bits per heavy atom. The van der Waals surface area contributed by atoms with Crippen molar-refractivity contribution in [3.05, 3.63) is 30.4 Å². The van der Waals surface area contributed by atoms with Crippen molar-refractivity contribution in [2.45, 2.75) is 31.7 Å². The van der Waals surface area contributed by atoms with Crippen molar-refractivity contribution in [3.8, 4) is 0 Å². The number of hydrogen-bond donors (Lipinski definition) is 1. The van der Waals surface area contributed by atoms with E-state index in [-0.39, 0.29) is 11.9 Å². The Bertz CT molecular complexity index is 661. The molecule has 0 spiro atoms. The molecule has 0 saturated carbocycles. The van der Waals surface area contributed by atoms with E-state index in [4.69, 9.17) is 0 Å². The van der Waals surface area contributed by atoms with Gasteiger partial charge in [-0.25, -0.2) is 0 Å². The zero-order valence-corrected chi connectivity index (χ0v) is 13.8. The van der Waals surface area contributed by atoms with Gasteiger partial charge in [-0.15, -0.1) is 0 Å². The molecule has 0 unspecified atom stereocenters. The first-order chi connectivity index (χ1) is 11.1. The van der Waals surface area contributed by atoms with Crippen LogP contribution < -0.4 is 10.2 Å². The van der Waals surface area contributed by atoms with Gasteiger partial charge in [-0.2, -0.15) is 10.2 Å². The van der Waals surface area contributed by atoms with Crippen LogP contribution in [0.2, 0.25) is 0 Å². The van der Waals surface area contributed by atoms with E-state index in [0.717, 1.165) is 43.6 Å². The molecule has 1 N–H and O–H groups in total. The Morgan fingerprint density at radius 2 is 2.04 bits per heavy atom. The Hall–Kier alpha value is -2.31. The van der Waals surface area contributed by atoms with E-state index in [0.29, 0.717) is 6.42 Å². The maximum Gasteiger partial charge on any atom is 0.220 e. The number of rotatable bonds is 5. The number of aromatic nitrogens is 4. The van der Waals surface area contributed by atoms with Crippen molar-refractivity contribution >= 4 is 11.6 Å². The average Bonchev–Trinajstić information content (AvgIpc) is 3.14. The highest BCUT2D eigenvalue weighted by atomic mass is 16.1. The number of carbonyl (C=O) groups excluding carboxylic acids is 1. The minimum absolute atomic E-state index is 0.117. The normalized spacial score (nSPS) is 18.2. The SMILES string of the molecule is Cn1cc(CCC(=O)N[C@@H]2CCCN(c3cnn(C)c3)C2)cn1. The molecule has 3 rings (SSSR count). The largest absolute Gasteiger partial charge is 0.367 e. The van der Waals surface area contributed by atoms with Gasteiger partial charge in [0.05, 0.1) is 18.1 Å². The number of anilines is 1. The number of carbonyl (C=O) groups is 1. The zero-order chi connectivity index (χ0) is 16.2. The number of nitrogens with one attached hydrogen (secondary N) is 1. The molecule has 1 fully saturated rings. The Kier molecular flexibility index (Phi) is 4.64. The smallest absolute Gasteiger partial charge is 0.220 e. The second kappa shape index (κ2) is 6.85. The third kappa shape index (κ3) is 4.12. The molecule has 1 atom stereocenters. The van der Waals surface area contributed by atoms with Crippen molar-refractivity contribution in [2.75, 3.05) is 18.0 Å². The van der Waals surface area contributed by atoms with Crippen LogP contribution in [0, 0.1) is 0 Å². The van der Waals surface area contributed by atoms with E-state index in [9.17, 15) is 4.79 Å². The molecule has 1 saturated heterocycles. The first-order valence-corrected chi connectivity index (χ1v) is 8.10.